The molecule has 1 aromatic carbocycles. The number of amides is 4. The monoisotopic (exact) mass is 248 g/mol. The first-order chi connectivity index (χ1) is 8.65. The highest BCUT2D eigenvalue weighted by atomic mass is 16.2. The molecule has 0 bridgehead atoms. The van der Waals surface area contributed by atoms with Crippen molar-refractivity contribution in [1.29, 1.82) is 0 Å². The quantitative estimate of drug-likeness (QED) is 0.734. The SMILES string of the molecule is NC(=O)Nc1ccc(CCN2CCNC2=O)cc1. The van der Waals surface area contributed by atoms with Crippen molar-refractivity contribution in [3.05, 3.63) is 29.8 Å². The zero-order valence-corrected chi connectivity index (χ0v) is 9.98. The predicted molar refractivity (Wildman–Crippen MR) is 68.3 cm³/mol. The molecule has 1 aliphatic rings. The van der Waals surface area contributed by atoms with Gasteiger partial charge in [0.05, 0.1) is 0 Å². The predicted octanol–water partition coefficient (Wildman–Crippen LogP) is 0.745. The van der Waals surface area contributed by atoms with Gasteiger partial charge in [-0.25, -0.2) is 9.59 Å². The lowest BCUT2D eigenvalue weighted by Gasteiger charge is -2.13. The molecule has 6 nitrogen and oxygen atoms in total. The first kappa shape index (κ1) is 12.2. The molecule has 1 heterocycles. The van der Waals surface area contributed by atoms with Gasteiger partial charge in [-0.2, -0.15) is 0 Å². The Morgan fingerprint density at radius 3 is 2.67 bits per heavy atom. The normalized spacial score (nSPS) is 14.4. The van der Waals surface area contributed by atoms with E-state index in [4.69, 9.17) is 5.73 Å². The molecule has 0 atom stereocenters. The first-order valence-corrected chi connectivity index (χ1v) is 5.83. The third-order valence-electron chi connectivity index (χ3n) is 2.84. The van der Waals surface area contributed by atoms with Crippen molar-refractivity contribution in [2.75, 3.05) is 25.0 Å². The number of rotatable bonds is 4. The molecule has 0 aliphatic carbocycles. The fourth-order valence-corrected chi connectivity index (χ4v) is 1.89. The topological polar surface area (TPSA) is 87.5 Å². The molecule has 18 heavy (non-hydrogen) atoms. The Bertz CT molecular complexity index is 444. The van der Waals surface area contributed by atoms with E-state index in [0.717, 1.165) is 25.1 Å². The van der Waals surface area contributed by atoms with Crippen LogP contribution in [0, 0.1) is 0 Å². The maximum absolute atomic E-state index is 11.3. The van der Waals surface area contributed by atoms with Gasteiger partial charge in [-0.05, 0) is 24.1 Å². The summed E-state index contributed by atoms with van der Waals surface area (Å²) in [5.74, 6) is 0. The van der Waals surface area contributed by atoms with E-state index in [1.807, 2.05) is 12.1 Å². The summed E-state index contributed by atoms with van der Waals surface area (Å²) in [7, 11) is 0. The largest absolute Gasteiger partial charge is 0.351 e. The number of carbonyl (C=O) groups is 2. The molecule has 4 amide bonds. The Morgan fingerprint density at radius 1 is 1.39 bits per heavy atom. The van der Waals surface area contributed by atoms with E-state index in [9.17, 15) is 9.59 Å². The van der Waals surface area contributed by atoms with Crippen LogP contribution in [0.25, 0.3) is 0 Å². The highest BCUT2D eigenvalue weighted by Crippen LogP contribution is 2.10. The Kier molecular flexibility index (Phi) is 3.66. The number of nitrogens with two attached hydrogens (primary N) is 1. The number of urea groups is 2. The fraction of sp³-hybridized carbons (Fsp3) is 0.333. The molecular weight excluding hydrogens is 232 g/mol. The van der Waals surface area contributed by atoms with Crippen LogP contribution in [0.4, 0.5) is 15.3 Å². The Labute approximate surface area is 105 Å². The second-order valence-electron chi connectivity index (χ2n) is 4.16. The number of anilines is 1. The van der Waals surface area contributed by atoms with Gasteiger partial charge in [-0.15, -0.1) is 0 Å². The summed E-state index contributed by atoms with van der Waals surface area (Å²) >= 11 is 0. The Balaban J connectivity index is 1.86. The maximum atomic E-state index is 11.3. The van der Waals surface area contributed by atoms with Gasteiger partial charge in [0, 0.05) is 25.3 Å². The van der Waals surface area contributed by atoms with E-state index in [2.05, 4.69) is 10.6 Å². The van der Waals surface area contributed by atoms with E-state index in [1.54, 1.807) is 17.0 Å². The minimum Gasteiger partial charge on any atom is -0.351 e. The van der Waals surface area contributed by atoms with Gasteiger partial charge in [0.1, 0.15) is 0 Å². The van der Waals surface area contributed by atoms with Crippen molar-refractivity contribution in [2.45, 2.75) is 6.42 Å². The molecule has 0 unspecified atom stereocenters. The van der Waals surface area contributed by atoms with Gasteiger partial charge >= 0.3 is 12.1 Å². The molecule has 4 N–H and O–H groups in total. The van der Waals surface area contributed by atoms with Crippen molar-refractivity contribution in [3.63, 3.8) is 0 Å². The lowest BCUT2D eigenvalue weighted by molar-refractivity contribution is 0.218. The minimum atomic E-state index is -0.573. The highest BCUT2D eigenvalue weighted by Gasteiger charge is 2.18. The van der Waals surface area contributed by atoms with Gasteiger partial charge in [0.25, 0.3) is 0 Å². The summed E-state index contributed by atoms with van der Waals surface area (Å²) < 4.78 is 0. The van der Waals surface area contributed by atoms with Crippen molar-refractivity contribution in [2.24, 2.45) is 5.73 Å². The minimum absolute atomic E-state index is 0.00187. The van der Waals surface area contributed by atoms with E-state index in [0.29, 0.717) is 12.2 Å². The van der Waals surface area contributed by atoms with Gasteiger partial charge in [0.15, 0.2) is 0 Å². The molecule has 0 aromatic heterocycles. The number of nitrogens with zero attached hydrogens (tertiary/aromatic N) is 1. The maximum Gasteiger partial charge on any atom is 0.317 e. The standard InChI is InChI=1S/C12H16N4O2/c13-11(17)15-10-3-1-9(2-4-10)5-7-16-8-6-14-12(16)18/h1-4H,5-8H2,(H,14,18)(H3,13,15,17). The van der Waals surface area contributed by atoms with Gasteiger partial charge < -0.3 is 21.3 Å². The molecule has 1 saturated heterocycles. The van der Waals surface area contributed by atoms with E-state index in [-0.39, 0.29) is 6.03 Å². The summed E-state index contributed by atoms with van der Waals surface area (Å²) in [5.41, 5.74) is 6.80. The summed E-state index contributed by atoms with van der Waals surface area (Å²) in [6, 6.07) is 6.85. The zero-order chi connectivity index (χ0) is 13.0. The molecular formula is C12H16N4O2. The van der Waals surface area contributed by atoms with Crippen LogP contribution < -0.4 is 16.4 Å². The number of nitrogens with one attached hydrogen (secondary N) is 2. The van der Waals surface area contributed by atoms with Crippen LogP contribution in [0.1, 0.15) is 5.56 Å². The fourth-order valence-electron chi connectivity index (χ4n) is 1.89. The molecule has 0 radical (unpaired) electrons. The van der Waals surface area contributed by atoms with Crippen LogP contribution in [0.15, 0.2) is 24.3 Å². The Hall–Kier alpha value is -2.24. The average Bonchev–Trinajstić information content (AvgIpc) is 2.73. The average molecular weight is 248 g/mol. The summed E-state index contributed by atoms with van der Waals surface area (Å²) in [6.45, 7) is 2.19. The van der Waals surface area contributed by atoms with Crippen molar-refractivity contribution in [1.82, 2.24) is 10.2 Å². The van der Waals surface area contributed by atoms with Crippen LogP contribution in [-0.2, 0) is 6.42 Å². The van der Waals surface area contributed by atoms with Gasteiger partial charge in [0.2, 0.25) is 0 Å². The molecule has 1 aliphatic heterocycles. The second-order valence-corrected chi connectivity index (χ2v) is 4.16. The number of hydrogen-bond acceptors (Lipinski definition) is 2. The lowest BCUT2D eigenvalue weighted by atomic mass is 10.1. The Morgan fingerprint density at radius 2 is 2.11 bits per heavy atom. The number of primary amides is 1. The molecule has 96 valence electrons. The molecule has 1 aromatic rings. The van der Waals surface area contributed by atoms with E-state index >= 15 is 0 Å². The van der Waals surface area contributed by atoms with Gasteiger partial charge in [-0.3, -0.25) is 0 Å². The van der Waals surface area contributed by atoms with Crippen LogP contribution in [-0.4, -0.2) is 36.6 Å². The number of hydrogen-bond donors (Lipinski definition) is 3. The van der Waals surface area contributed by atoms with Crippen molar-refractivity contribution >= 4 is 17.7 Å². The number of benzene rings is 1. The smallest absolute Gasteiger partial charge is 0.317 e. The van der Waals surface area contributed by atoms with Crippen LogP contribution >= 0.6 is 0 Å². The zero-order valence-electron chi connectivity index (χ0n) is 9.98. The van der Waals surface area contributed by atoms with E-state index in [1.165, 1.54) is 0 Å². The van der Waals surface area contributed by atoms with E-state index < -0.39 is 6.03 Å². The van der Waals surface area contributed by atoms with Crippen LogP contribution in [0.5, 0.6) is 0 Å². The summed E-state index contributed by atoms with van der Waals surface area (Å²) in [4.78, 5) is 23.8. The molecule has 0 saturated carbocycles. The highest BCUT2D eigenvalue weighted by molar-refractivity contribution is 5.87. The number of carbonyl (C=O) groups excluding carboxylic acids is 2. The molecule has 6 heteroatoms. The second kappa shape index (κ2) is 5.39. The van der Waals surface area contributed by atoms with Crippen molar-refractivity contribution < 1.29 is 9.59 Å². The van der Waals surface area contributed by atoms with Gasteiger partial charge in [-0.1, -0.05) is 12.1 Å². The third kappa shape index (κ3) is 3.13. The lowest BCUT2D eigenvalue weighted by Crippen LogP contribution is -2.29. The molecule has 2 rings (SSSR count). The van der Waals surface area contributed by atoms with Crippen LogP contribution in [0.3, 0.4) is 0 Å². The summed E-state index contributed by atoms with van der Waals surface area (Å²) in [5, 5.41) is 5.26. The molecule has 0 spiro atoms. The van der Waals surface area contributed by atoms with Crippen molar-refractivity contribution in [3.8, 4) is 0 Å². The summed E-state index contributed by atoms with van der Waals surface area (Å²) in [6.07, 6.45) is 0.796. The molecule has 1 fully saturated rings. The first-order valence-electron chi connectivity index (χ1n) is 5.83. The third-order valence-corrected chi connectivity index (χ3v) is 2.84. The van der Waals surface area contributed by atoms with Crippen LogP contribution in [0.2, 0.25) is 0 Å².